The molecule has 0 aliphatic rings. The Morgan fingerprint density at radius 3 is 2.76 bits per heavy atom. The third kappa shape index (κ3) is 4.00. The number of hydrogen-bond acceptors (Lipinski definition) is 5. The summed E-state index contributed by atoms with van der Waals surface area (Å²) in [5, 5.41) is 14.8. The van der Waals surface area contributed by atoms with Crippen molar-refractivity contribution in [3.63, 3.8) is 0 Å². The van der Waals surface area contributed by atoms with Gasteiger partial charge in [-0.1, -0.05) is 6.07 Å². The largest absolute Gasteiger partial charge is 0.478 e. The second kappa shape index (κ2) is 6.47. The number of aromatic nitrogens is 2. The predicted octanol–water partition coefficient (Wildman–Crippen LogP) is 1.75. The van der Waals surface area contributed by atoms with Gasteiger partial charge >= 0.3 is 5.97 Å². The van der Waals surface area contributed by atoms with Crippen molar-refractivity contribution < 1.29 is 14.7 Å². The first kappa shape index (κ1) is 14.4. The van der Waals surface area contributed by atoms with E-state index in [0.29, 0.717) is 11.4 Å². The molecule has 0 fully saturated rings. The van der Waals surface area contributed by atoms with Crippen molar-refractivity contribution in [1.29, 1.82) is 0 Å². The minimum Gasteiger partial charge on any atom is -0.478 e. The Balaban J connectivity index is 2.10. The van der Waals surface area contributed by atoms with E-state index in [1.807, 2.05) is 6.07 Å². The van der Waals surface area contributed by atoms with Crippen molar-refractivity contribution in [2.24, 2.45) is 0 Å². The van der Waals surface area contributed by atoms with Crippen LogP contribution in [-0.2, 0) is 11.3 Å². The zero-order valence-electron chi connectivity index (χ0n) is 11.3. The first-order chi connectivity index (χ1) is 10.1. The van der Waals surface area contributed by atoms with Gasteiger partial charge in [-0.25, -0.2) is 14.8 Å². The standard InChI is InChI=1S/C14H14N4O3/c1-9(19)18-11-4-2-3-10(5-11)16-7-13-12(14(20)21)6-15-8-17-13/h2-6,8,16H,7H2,1H3,(H,18,19)(H,20,21). The molecule has 7 nitrogen and oxygen atoms in total. The summed E-state index contributed by atoms with van der Waals surface area (Å²) in [6.45, 7) is 1.67. The number of hydrogen-bond donors (Lipinski definition) is 3. The van der Waals surface area contributed by atoms with Crippen molar-refractivity contribution in [2.75, 3.05) is 10.6 Å². The molecule has 1 amide bonds. The molecule has 2 rings (SSSR count). The maximum atomic E-state index is 11.1. The zero-order valence-corrected chi connectivity index (χ0v) is 11.3. The van der Waals surface area contributed by atoms with Crippen LogP contribution in [0.5, 0.6) is 0 Å². The fraction of sp³-hybridized carbons (Fsp3) is 0.143. The van der Waals surface area contributed by atoms with Crippen LogP contribution in [0.25, 0.3) is 0 Å². The Bertz CT molecular complexity index is 673. The number of carbonyl (C=O) groups is 2. The minimum absolute atomic E-state index is 0.0583. The highest BCUT2D eigenvalue weighted by Gasteiger charge is 2.10. The molecule has 0 unspecified atom stereocenters. The van der Waals surface area contributed by atoms with Gasteiger partial charge in [-0.15, -0.1) is 0 Å². The van der Waals surface area contributed by atoms with Crippen molar-refractivity contribution in [3.05, 3.63) is 48.0 Å². The predicted molar refractivity (Wildman–Crippen MR) is 77.1 cm³/mol. The van der Waals surface area contributed by atoms with Crippen molar-refractivity contribution in [1.82, 2.24) is 9.97 Å². The summed E-state index contributed by atoms with van der Waals surface area (Å²) in [7, 11) is 0. The minimum atomic E-state index is -1.07. The lowest BCUT2D eigenvalue weighted by Gasteiger charge is -2.09. The highest BCUT2D eigenvalue weighted by Crippen LogP contribution is 2.16. The fourth-order valence-electron chi connectivity index (χ4n) is 1.77. The first-order valence-electron chi connectivity index (χ1n) is 6.20. The SMILES string of the molecule is CC(=O)Nc1cccc(NCc2ncncc2C(=O)O)c1. The second-order valence-electron chi connectivity index (χ2n) is 4.30. The third-order valence-corrected chi connectivity index (χ3v) is 2.67. The average molecular weight is 286 g/mol. The number of benzene rings is 1. The maximum absolute atomic E-state index is 11.1. The number of carbonyl (C=O) groups excluding carboxylic acids is 1. The second-order valence-corrected chi connectivity index (χ2v) is 4.30. The first-order valence-corrected chi connectivity index (χ1v) is 6.20. The summed E-state index contributed by atoms with van der Waals surface area (Å²) in [5.74, 6) is -1.23. The van der Waals surface area contributed by atoms with E-state index in [2.05, 4.69) is 20.6 Å². The fourth-order valence-corrected chi connectivity index (χ4v) is 1.77. The molecular formula is C14H14N4O3. The van der Waals surface area contributed by atoms with E-state index < -0.39 is 5.97 Å². The lowest BCUT2D eigenvalue weighted by molar-refractivity contribution is -0.114. The summed E-state index contributed by atoms with van der Waals surface area (Å²) in [6, 6.07) is 7.11. The van der Waals surface area contributed by atoms with Crippen LogP contribution in [0, 0.1) is 0 Å². The summed E-state index contributed by atoms with van der Waals surface area (Å²) in [5.41, 5.74) is 1.86. The molecule has 0 spiro atoms. The van der Waals surface area contributed by atoms with Crippen LogP contribution in [0.3, 0.4) is 0 Å². The van der Waals surface area contributed by atoms with E-state index in [0.717, 1.165) is 5.69 Å². The number of carboxylic acid groups (broad SMARTS) is 1. The molecule has 0 radical (unpaired) electrons. The van der Waals surface area contributed by atoms with Gasteiger partial charge in [0.25, 0.3) is 0 Å². The van der Waals surface area contributed by atoms with E-state index in [1.54, 1.807) is 18.2 Å². The molecule has 0 saturated carbocycles. The number of carboxylic acids is 1. The number of nitrogens with one attached hydrogen (secondary N) is 2. The Labute approximate surface area is 121 Å². The summed E-state index contributed by atoms with van der Waals surface area (Å²) < 4.78 is 0. The van der Waals surface area contributed by atoms with E-state index >= 15 is 0 Å². The molecule has 108 valence electrons. The van der Waals surface area contributed by atoms with E-state index in [9.17, 15) is 9.59 Å². The molecule has 3 N–H and O–H groups in total. The van der Waals surface area contributed by atoms with E-state index in [1.165, 1.54) is 19.4 Å². The molecule has 21 heavy (non-hydrogen) atoms. The Morgan fingerprint density at radius 2 is 2.05 bits per heavy atom. The summed E-state index contributed by atoms with van der Waals surface area (Å²) in [4.78, 5) is 29.7. The van der Waals surface area contributed by atoms with Crippen LogP contribution >= 0.6 is 0 Å². The molecule has 2 aromatic rings. The van der Waals surface area contributed by atoms with Gasteiger partial charge in [0.1, 0.15) is 11.9 Å². The average Bonchev–Trinajstić information content (AvgIpc) is 2.45. The van der Waals surface area contributed by atoms with Crippen molar-refractivity contribution in [2.45, 2.75) is 13.5 Å². The van der Waals surface area contributed by atoms with E-state index in [-0.39, 0.29) is 18.0 Å². The van der Waals surface area contributed by atoms with Crippen LogP contribution in [0.4, 0.5) is 11.4 Å². The van der Waals surface area contributed by atoms with Crippen LogP contribution in [-0.4, -0.2) is 27.0 Å². The smallest absolute Gasteiger partial charge is 0.339 e. The maximum Gasteiger partial charge on any atom is 0.339 e. The van der Waals surface area contributed by atoms with Gasteiger partial charge in [-0.05, 0) is 18.2 Å². The van der Waals surface area contributed by atoms with Gasteiger partial charge < -0.3 is 15.7 Å². The highest BCUT2D eigenvalue weighted by atomic mass is 16.4. The third-order valence-electron chi connectivity index (χ3n) is 2.67. The number of amides is 1. The highest BCUT2D eigenvalue weighted by molar-refractivity contribution is 5.89. The molecule has 0 saturated heterocycles. The molecule has 1 heterocycles. The van der Waals surface area contributed by atoms with Gasteiger partial charge in [-0.2, -0.15) is 0 Å². The molecule has 1 aromatic carbocycles. The van der Waals surface area contributed by atoms with Crippen LogP contribution in [0.1, 0.15) is 23.0 Å². The van der Waals surface area contributed by atoms with Crippen LogP contribution in [0.2, 0.25) is 0 Å². The molecular weight excluding hydrogens is 272 g/mol. The van der Waals surface area contributed by atoms with Gasteiger partial charge in [0, 0.05) is 24.5 Å². The van der Waals surface area contributed by atoms with Gasteiger partial charge in [0.2, 0.25) is 5.91 Å². The summed E-state index contributed by atoms with van der Waals surface area (Å²) in [6.07, 6.45) is 2.57. The molecule has 7 heteroatoms. The zero-order chi connectivity index (χ0) is 15.2. The molecule has 0 bridgehead atoms. The van der Waals surface area contributed by atoms with Crippen molar-refractivity contribution in [3.8, 4) is 0 Å². The van der Waals surface area contributed by atoms with E-state index in [4.69, 9.17) is 5.11 Å². The normalized spacial score (nSPS) is 9.95. The number of nitrogens with zero attached hydrogens (tertiary/aromatic N) is 2. The quantitative estimate of drug-likeness (QED) is 0.773. The van der Waals surface area contributed by atoms with Crippen LogP contribution < -0.4 is 10.6 Å². The lowest BCUT2D eigenvalue weighted by Crippen LogP contribution is -2.10. The molecule has 0 atom stereocenters. The lowest BCUT2D eigenvalue weighted by atomic mass is 10.2. The Hall–Kier alpha value is -2.96. The molecule has 0 aliphatic heterocycles. The summed E-state index contributed by atoms with van der Waals surface area (Å²) >= 11 is 0. The topological polar surface area (TPSA) is 104 Å². The molecule has 1 aromatic heterocycles. The van der Waals surface area contributed by atoms with Crippen molar-refractivity contribution >= 4 is 23.3 Å². The monoisotopic (exact) mass is 286 g/mol. The number of aromatic carboxylic acids is 1. The van der Waals surface area contributed by atoms with Crippen LogP contribution in [0.15, 0.2) is 36.8 Å². The van der Waals surface area contributed by atoms with Gasteiger partial charge in [0.05, 0.1) is 12.2 Å². The van der Waals surface area contributed by atoms with Gasteiger partial charge in [0.15, 0.2) is 0 Å². The number of rotatable bonds is 5. The molecule has 0 aliphatic carbocycles. The van der Waals surface area contributed by atoms with Gasteiger partial charge in [-0.3, -0.25) is 4.79 Å². The number of anilines is 2. The Morgan fingerprint density at radius 1 is 1.29 bits per heavy atom. The Kier molecular flexibility index (Phi) is 4.45.